The van der Waals surface area contributed by atoms with Crippen molar-refractivity contribution in [3.8, 4) is 0 Å². The smallest absolute Gasteiger partial charge is 0.462 e. The molecule has 13 nitrogen and oxygen atoms in total. The molecule has 1 fully saturated rings. The van der Waals surface area contributed by atoms with Crippen LogP contribution in [0.2, 0.25) is 0 Å². The maximum atomic E-state index is 12.6. The largest absolute Gasteiger partial charge is 0.472 e. The van der Waals surface area contributed by atoms with Crippen LogP contribution in [0, 0.1) is 0 Å². The molecule has 0 heterocycles. The third-order valence-electron chi connectivity index (χ3n) is 7.00. The number of rotatable bonds is 23. The van der Waals surface area contributed by atoms with E-state index in [4.69, 9.17) is 18.5 Å². The van der Waals surface area contributed by atoms with Crippen molar-refractivity contribution in [2.24, 2.45) is 0 Å². The van der Waals surface area contributed by atoms with Crippen molar-refractivity contribution in [3.05, 3.63) is 36.5 Å². The topological polar surface area (TPSA) is 210 Å². The summed E-state index contributed by atoms with van der Waals surface area (Å²) in [6, 6.07) is 0. The van der Waals surface area contributed by atoms with E-state index in [-0.39, 0.29) is 12.8 Å². The van der Waals surface area contributed by atoms with Crippen molar-refractivity contribution in [1.29, 1.82) is 0 Å². The Bertz CT molecular complexity index is 953. The molecule has 6 unspecified atom stereocenters. The number of phosphoric acid groups is 1. The Balaban J connectivity index is 2.58. The highest BCUT2D eigenvalue weighted by atomic mass is 31.2. The first-order valence-electron chi connectivity index (χ1n) is 15.8. The van der Waals surface area contributed by atoms with E-state index >= 15 is 0 Å². The first kappa shape index (κ1) is 41.1. The van der Waals surface area contributed by atoms with Gasteiger partial charge in [0.05, 0.1) is 6.61 Å². The molecule has 0 saturated heterocycles. The summed E-state index contributed by atoms with van der Waals surface area (Å²) in [6.45, 7) is 2.87. The quantitative estimate of drug-likeness (QED) is 0.0402. The van der Waals surface area contributed by atoms with Gasteiger partial charge in [0.15, 0.2) is 6.10 Å². The van der Waals surface area contributed by atoms with Crippen molar-refractivity contribution in [1.82, 2.24) is 0 Å². The van der Waals surface area contributed by atoms with Crippen LogP contribution in [-0.4, -0.2) is 98.3 Å². The molecule has 1 aliphatic rings. The second-order valence-corrected chi connectivity index (χ2v) is 12.3. The second-order valence-electron chi connectivity index (χ2n) is 10.9. The van der Waals surface area contributed by atoms with Gasteiger partial charge in [0, 0.05) is 12.8 Å². The van der Waals surface area contributed by atoms with Crippen LogP contribution in [-0.2, 0) is 32.7 Å². The Morgan fingerprint density at radius 1 is 0.711 bits per heavy atom. The zero-order chi connectivity index (χ0) is 33.7. The van der Waals surface area contributed by atoms with Crippen molar-refractivity contribution in [3.63, 3.8) is 0 Å². The molecule has 6 N–H and O–H groups in total. The van der Waals surface area contributed by atoms with Crippen molar-refractivity contribution in [2.75, 3.05) is 13.2 Å². The number of hydrogen-bond donors (Lipinski definition) is 6. The van der Waals surface area contributed by atoms with Crippen molar-refractivity contribution >= 4 is 19.8 Å². The molecule has 1 aliphatic carbocycles. The number of ether oxygens (including phenoxy) is 2. The molecule has 260 valence electrons. The molecule has 0 spiro atoms. The lowest BCUT2D eigenvalue weighted by molar-refractivity contribution is -0.220. The van der Waals surface area contributed by atoms with Crippen LogP contribution in [0.5, 0.6) is 0 Å². The highest BCUT2D eigenvalue weighted by molar-refractivity contribution is 7.47. The van der Waals surface area contributed by atoms with Gasteiger partial charge in [-0.3, -0.25) is 18.6 Å². The van der Waals surface area contributed by atoms with E-state index in [1.807, 2.05) is 6.92 Å². The maximum Gasteiger partial charge on any atom is 0.472 e. The zero-order valence-electron chi connectivity index (χ0n) is 26.4. The summed E-state index contributed by atoms with van der Waals surface area (Å²) in [5, 5.41) is 49.5. The number of carbonyl (C=O) groups excluding carboxylic acids is 2. The van der Waals surface area contributed by atoms with E-state index in [0.29, 0.717) is 12.8 Å². The predicted molar refractivity (Wildman–Crippen MR) is 166 cm³/mol. The lowest BCUT2D eigenvalue weighted by Crippen LogP contribution is -2.64. The van der Waals surface area contributed by atoms with Gasteiger partial charge in [-0.15, -0.1) is 0 Å². The average molecular weight is 665 g/mol. The van der Waals surface area contributed by atoms with Crippen molar-refractivity contribution in [2.45, 2.75) is 134 Å². The number of phosphoric ester groups is 1. The molecule has 14 heteroatoms. The summed E-state index contributed by atoms with van der Waals surface area (Å²) in [4.78, 5) is 34.7. The Morgan fingerprint density at radius 3 is 1.89 bits per heavy atom. The molecule has 45 heavy (non-hydrogen) atoms. The summed E-state index contributed by atoms with van der Waals surface area (Å²) >= 11 is 0. The number of allylic oxidation sites excluding steroid dienone is 6. The molecule has 0 amide bonds. The first-order chi connectivity index (χ1) is 21.4. The van der Waals surface area contributed by atoms with Gasteiger partial charge >= 0.3 is 19.8 Å². The predicted octanol–water partition coefficient (Wildman–Crippen LogP) is 3.15. The summed E-state index contributed by atoms with van der Waals surface area (Å²) in [6.07, 6.45) is 7.85. The molecule has 0 aromatic rings. The third kappa shape index (κ3) is 17.5. The number of aliphatic hydroxyl groups is 5. The molecular weight excluding hydrogens is 611 g/mol. The van der Waals surface area contributed by atoms with Crippen LogP contribution in [0.3, 0.4) is 0 Å². The number of unbranched alkanes of at least 4 members (excludes halogenated alkanes) is 5. The van der Waals surface area contributed by atoms with E-state index in [1.54, 1.807) is 0 Å². The van der Waals surface area contributed by atoms with E-state index in [0.717, 1.165) is 51.4 Å². The van der Waals surface area contributed by atoms with Gasteiger partial charge < -0.3 is 39.9 Å². The number of carbonyl (C=O) groups is 2. The monoisotopic (exact) mass is 664 g/mol. The van der Waals surface area contributed by atoms with E-state index in [2.05, 4.69) is 43.4 Å². The Labute approximate surface area is 266 Å². The maximum absolute atomic E-state index is 12.6. The number of aliphatic hydroxyl groups excluding tert-OH is 5. The SMILES string of the molecule is CC/C=C\C/C=C\C/C=C\CCCCCC(=O)OC(COC(=O)CCCCC)COP(=O)(O)OC1C(O)C(O)C(O)C(O)C1O. The van der Waals surface area contributed by atoms with E-state index in [1.165, 1.54) is 0 Å². The van der Waals surface area contributed by atoms with Gasteiger partial charge in [-0.2, -0.15) is 0 Å². The molecule has 0 bridgehead atoms. The van der Waals surface area contributed by atoms with Crippen LogP contribution in [0.1, 0.15) is 90.9 Å². The molecule has 0 aromatic carbocycles. The normalized spacial score (nSPS) is 26.0. The Kier molecular flexibility index (Phi) is 21.4. The number of hydrogen-bond acceptors (Lipinski definition) is 12. The number of esters is 2. The lowest BCUT2D eigenvalue weighted by Gasteiger charge is -2.41. The van der Waals surface area contributed by atoms with Gasteiger partial charge in [-0.25, -0.2) is 4.57 Å². The average Bonchev–Trinajstić information content (AvgIpc) is 3.01. The van der Waals surface area contributed by atoms with E-state index in [9.17, 15) is 44.6 Å². The minimum Gasteiger partial charge on any atom is -0.462 e. The summed E-state index contributed by atoms with van der Waals surface area (Å²) < 4.78 is 32.8. The third-order valence-corrected chi connectivity index (χ3v) is 7.98. The van der Waals surface area contributed by atoms with Gasteiger partial charge in [-0.05, 0) is 44.9 Å². The van der Waals surface area contributed by atoms with Crippen LogP contribution < -0.4 is 0 Å². The van der Waals surface area contributed by atoms with Gasteiger partial charge in [0.25, 0.3) is 0 Å². The summed E-state index contributed by atoms with van der Waals surface area (Å²) in [5.74, 6) is -1.17. The van der Waals surface area contributed by atoms with Gasteiger partial charge in [0.2, 0.25) is 0 Å². The molecule has 0 aromatic heterocycles. The minimum absolute atomic E-state index is 0.0600. The molecule has 6 atom stereocenters. The standard InChI is InChI=1S/C31H53O13P/c1-3-5-7-8-9-10-11-12-13-14-15-16-18-20-25(33)43-23(21-41-24(32)19-17-6-4-2)22-42-45(39,40)44-31-29(37)27(35)26(34)28(36)30(31)38/h5,7,9-10,12-13,23,26-31,34-38H,3-4,6,8,11,14-22H2,1-2H3,(H,39,40)/b7-5-,10-9-,13-12-. The highest BCUT2D eigenvalue weighted by Crippen LogP contribution is 2.47. The highest BCUT2D eigenvalue weighted by Gasteiger charge is 2.51. The van der Waals surface area contributed by atoms with Gasteiger partial charge in [-0.1, -0.05) is 69.6 Å². The fraction of sp³-hybridized carbons (Fsp3) is 0.742. The fourth-order valence-corrected chi connectivity index (χ4v) is 5.33. The van der Waals surface area contributed by atoms with Crippen LogP contribution >= 0.6 is 7.82 Å². The molecule has 1 saturated carbocycles. The van der Waals surface area contributed by atoms with Gasteiger partial charge in [0.1, 0.15) is 43.2 Å². The molecule has 1 rings (SSSR count). The minimum atomic E-state index is -5.10. The Morgan fingerprint density at radius 2 is 1.27 bits per heavy atom. The van der Waals surface area contributed by atoms with E-state index < -0.39 is 75.7 Å². The fourth-order valence-electron chi connectivity index (χ4n) is 4.36. The van der Waals surface area contributed by atoms with Crippen LogP contribution in [0.25, 0.3) is 0 Å². The summed E-state index contributed by atoms with van der Waals surface area (Å²) in [5.41, 5.74) is 0. The van der Waals surface area contributed by atoms with Crippen LogP contribution in [0.15, 0.2) is 36.5 Å². The molecular formula is C31H53O13P. The second kappa shape index (κ2) is 23.4. The Hall–Kier alpha value is -1.93. The van der Waals surface area contributed by atoms with Crippen molar-refractivity contribution < 1.29 is 63.1 Å². The zero-order valence-corrected chi connectivity index (χ0v) is 27.3. The first-order valence-corrected chi connectivity index (χ1v) is 17.3. The molecule has 0 radical (unpaired) electrons. The summed E-state index contributed by atoms with van der Waals surface area (Å²) in [7, 11) is -5.10. The lowest BCUT2D eigenvalue weighted by atomic mass is 9.85. The molecule has 0 aliphatic heterocycles. The van der Waals surface area contributed by atoms with Crippen LogP contribution in [0.4, 0.5) is 0 Å².